The second kappa shape index (κ2) is 8.23. The molecule has 1 aromatic heterocycles. The SMILES string of the molecule is Cc1cccc(CN(Cc2ccccc2)c2ccc3[nH]c(CC(=O)O)cc3c2)c1. The number of aromatic amines is 1. The highest BCUT2D eigenvalue weighted by molar-refractivity contribution is 5.85. The van der Waals surface area contributed by atoms with E-state index in [0.717, 1.165) is 35.4 Å². The Kier molecular flexibility index (Phi) is 5.34. The van der Waals surface area contributed by atoms with Crippen molar-refractivity contribution in [2.45, 2.75) is 26.4 Å². The number of hydrogen-bond acceptors (Lipinski definition) is 2. The van der Waals surface area contributed by atoms with E-state index in [1.54, 1.807) is 0 Å². The fraction of sp³-hybridized carbons (Fsp3) is 0.160. The summed E-state index contributed by atoms with van der Waals surface area (Å²) >= 11 is 0. The Morgan fingerprint density at radius 2 is 1.66 bits per heavy atom. The molecule has 2 N–H and O–H groups in total. The van der Waals surface area contributed by atoms with E-state index in [4.69, 9.17) is 5.11 Å². The largest absolute Gasteiger partial charge is 0.481 e. The van der Waals surface area contributed by atoms with Crippen molar-refractivity contribution < 1.29 is 9.90 Å². The van der Waals surface area contributed by atoms with E-state index in [2.05, 4.69) is 77.5 Å². The molecular weight excluding hydrogens is 360 g/mol. The van der Waals surface area contributed by atoms with Crippen LogP contribution >= 0.6 is 0 Å². The van der Waals surface area contributed by atoms with E-state index in [-0.39, 0.29) is 6.42 Å². The maximum absolute atomic E-state index is 11.0. The quantitative estimate of drug-likeness (QED) is 0.454. The predicted octanol–water partition coefficient (Wildman–Crippen LogP) is 5.31. The van der Waals surface area contributed by atoms with E-state index in [0.29, 0.717) is 0 Å². The van der Waals surface area contributed by atoms with E-state index in [1.165, 1.54) is 16.7 Å². The molecule has 4 nitrogen and oxygen atoms in total. The Bertz CT molecular complexity index is 1130. The minimum atomic E-state index is -0.832. The number of anilines is 1. The zero-order valence-corrected chi connectivity index (χ0v) is 16.4. The summed E-state index contributed by atoms with van der Waals surface area (Å²) in [6.07, 6.45) is 0.00103. The van der Waals surface area contributed by atoms with Gasteiger partial charge in [-0.25, -0.2) is 0 Å². The molecule has 0 unspecified atom stereocenters. The van der Waals surface area contributed by atoms with Crippen LogP contribution in [0.25, 0.3) is 10.9 Å². The molecule has 146 valence electrons. The lowest BCUT2D eigenvalue weighted by Gasteiger charge is -2.25. The van der Waals surface area contributed by atoms with Crippen LogP contribution in [0.4, 0.5) is 5.69 Å². The van der Waals surface area contributed by atoms with Crippen LogP contribution in [0.5, 0.6) is 0 Å². The number of fused-ring (bicyclic) bond motifs is 1. The first kappa shape index (κ1) is 18.8. The summed E-state index contributed by atoms with van der Waals surface area (Å²) in [7, 11) is 0. The number of rotatable bonds is 7. The summed E-state index contributed by atoms with van der Waals surface area (Å²) in [6.45, 7) is 3.71. The monoisotopic (exact) mass is 384 g/mol. The number of H-pyrrole nitrogens is 1. The topological polar surface area (TPSA) is 56.3 Å². The molecule has 4 heteroatoms. The van der Waals surface area contributed by atoms with Gasteiger partial charge in [-0.05, 0) is 42.3 Å². The first-order valence-electron chi connectivity index (χ1n) is 9.75. The van der Waals surface area contributed by atoms with Gasteiger partial charge < -0.3 is 15.0 Å². The highest BCUT2D eigenvalue weighted by atomic mass is 16.4. The molecule has 0 saturated heterocycles. The van der Waals surface area contributed by atoms with Crippen molar-refractivity contribution in [3.8, 4) is 0 Å². The van der Waals surface area contributed by atoms with Crippen LogP contribution in [-0.4, -0.2) is 16.1 Å². The van der Waals surface area contributed by atoms with Crippen molar-refractivity contribution in [2.75, 3.05) is 4.90 Å². The van der Waals surface area contributed by atoms with Gasteiger partial charge in [-0.2, -0.15) is 0 Å². The standard InChI is InChI=1S/C25H24N2O2/c1-18-6-5-9-20(12-18)17-27(16-19-7-3-2-4-8-19)23-10-11-24-21(14-23)13-22(26-24)15-25(28)29/h2-14,26H,15-17H2,1H3,(H,28,29). The smallest absolute Gasteiger partial charge is 0.309 e. The third-order valence-corrected chi connectivity index (χ3v) is 5.04. The summed E-state index contributed by atoms with van der Waals surface area (Å²) in [5.74, 6) is -0.832. The Morgan fingerprint density at radius 3 is 2.41 bits per heavy atom. The van der Waals surface area contributed by atoms with E-state index in [1.807, 2.05) is 18.2 Å². The number of carbonyl (C=O) groups is 1. The molecule has 1 heterocycles. The van der Waals surface area contributed by atoms with Gasteiger partial charge in [0.25, 0.3) is 0 Å². The van der Waals surface area contributed by atoms with Crippen molar-refractivity contribution in [1.82, 2.24) is 4.98 Å². The summed E-state index contributed by atoms with van der Waals surface area (Å²) in [4.78, 5) is 16.6. The molecule has 4 aromatic rings. The number of carboxylic acids is 1. The van der Waals surface area contributed by atoms with Crippen molar-refractivity contribution >= 4 is 22.6 Å². The molecule has 0 radical (unpaired) electrons. The highest BCUT2D eigenvalue weighted by Crippen LogP contribution is 2.26. The van der Waals surface area contributed by atoms with Crippen LogP contribution in [0.1, 0.15) is 22.4 Å². The molecule has 0 atom stereocenters. The number of aromatic nitrogens is 1. The second-order valence-corrected chi connectivity index (χ2v) is 7.47. The zero-order valence-electron chi connectivity index (χ0n) is 16.4. The van der Waals surface area contributed by atoms with Gasteiger partial charge in [0.1, 0.15) is 0 Å². The van der Waals surface area contributed by atoms with Gasteiger partial charge in [-0.1, -0.05) is 60.2 Å². The zero-order chi connectivity index (χ0) is 20.2. The molecule has 0 aliphatic rings. The van der Waals surface area contributed by atoms with Gasteiger partial charge in [0.05, 0.1) is 6.42 Å². The number of hydrogen-bond donors (Lipinski definition) is 2. The maximum Gasteiger partial charge on any atom is 0.309 e. The number of nitrogens with zero attached hydrogens (tertiary/aromatic N) is 1. The summed E-state index contributed by atoms with van der Waals surface area (Å²) < 4.78 is 0. The Hall–Kier alpha value is -3.53. The lowest BCUT2D eigenvalue weighted by Crippen LogP contribution is -2.22. The van der Waals surface area contributed by atoms with Gasteiger partial charge in [0.15, 0.2) is 0 Å². The van der Waals surface area contributed by atoms with Gasteiger partial charge in [0, 0.05) is 35.4 Å². The Balaban J connectivity index is 1.68. The number of nitrogens with one attached hydrogen (secondary N) is 1. The Labute approximate surface area is 170 Å². The van der Waals surface area contributed by atoms with Crippen molar-refractivity contribution in [1.29, 1.82) is 0 Å². The summed E-state index contributed by atoms with van der Waals surface area (Å²) in [5, 5.41) is 10.1. The fourth-order valence-electron chi connectivity index (χ4n) is 3.71. The minimum absolute atomic E-state index is 0.00103. The van der Waals surface area contributed by atoms with Crippen LogP contribution < -0.4 is 4.90 Å². The lowest BCUT2D eigenvalue weighted by atomic mass is 10.1. The average Bonchev–Trinajstić information content (AvgIpc) is 3.09. The fourth-order valence-corrected chi connectivity index (χ4v) is 3.71. The van der Waals surface area contributed by atoms with E-state index < -0.39 is 5.97 Å². The predicted molar refractivity (Wildman–Crippen MR) is 117 cm³/mol. The molecular formula is C25H24N2O2. The molecule has 29 heavy (non-hydrogen) atoms. The minimum Gasteiger partial charge on any atom is -0.481 e. The maximum atomic E-state index is 11.0. The number of aryl methyl sites for hydroxylation is 1. The second-order valence-electron chi connectivity index (χ2n) is 7.47. The van der Waals surface area contributed by atoms with Crippen LogP contribution in [0.2, 0.25) is 0 Å². The van der Waals surface area contributed by atoms with Crippen LogP contribution in [0, 0.1) is 6.92 Å². The molecule has 0 fully saturated rings. The van der Waals surface area contributed by atoms with Crippen LogP contribution in [-0.2, 0) is 24.3 Å². The number of aliphatic carboxylic acids is 1. The summed E-state index contributed by atoms with van der Waals surface area (Å²) in [6, 6.07) is 27.2. The van der Waals surface area contributed by atoms with Crippen LogP contribution in [0.15, 0.2) is 78.9 Å². The number of benzene rings is 3. The van der Waals surface area contributed by atoms with Crippen molar-refractivity contribution in [3.63, 3.8) is 0 Å². The first-order valence-corrected chi connectivity index (χ1v) is 9.75. The van der Waals surface area contributed by atoms with Crippen molar-refractivity contribution in [2.24, 2.45) is 0 Å². The molecule has 0 spiro atoms. The first-order chi connectivity index (χ1) is 14.1. The van der Waals surface area contributed by atoms with Crippen LogP contribution in [0.3, 0.4) is 0 Å². The van der Waals surface area contributed by atoms with E-state index in [9.17, 15) is 4.79 Å². The lowest BCUT2D eigenvalue weighted by molar-refractivity contribution is -0.136. The molecule has 0 saturated carbocycles. The van der Waals surface area contributed by atoms with Gasteiger partial charge in [-0.3, -0.25) is 4.79 Å². The third kappa shape index (κ3) is 4.66. The summed E-state index contributed by atoms with van der Waals surface area (Å²) in [5.41, 5.74) is 6.56. The molecule has 4 rings (SSSR count). The highest BCUT2D eigenvalue weighted by Gasteiger charge is 2.12. The molecule has 3 aromatic carbocycles. The number of carboxylic acid groups (broad SMARTS) is 1. The van der Waals surface area contributed by atoms with E-state index >= 15 is 0 Å². The average molecular weight is 384 g/mol. The molecule has 0 aliphatic heterocycles. The van der Waals surface area contributed by atoms with Gasteiger partial charge >= 0.3 is 5.97 Å². The molecule has 0 aliphatic carbocycles. The van der Waals surface area contributed by atoms with Crippen molar-refractivity contribution in [3.05, 3.63) is 101 Å². The third-order valence-electron chi connectivity index (χ3n) is 5.04. The van der Waals surface area contributed by atoms with Gasteiger partial charge in [0.2, 0.25) is 0 Å². The molecule has 0 bridgehead atoms. The van der Waals surface area contributed by atoms with Gasteiger partial charge in [-0.15, -0.1) is 0 Å². The normalized spacial score (nSPS) is 10.9. The molecule has 0 amide bonds. The Morgan fingerprint density at radius 1 is 0.897 bits per heavy atom.